The Morgan fingerprint density at radius 2 is 2.18 bits per heavy atom. The summed E-state index contributed by atoms with van der Waals surface area (Å²) in [6.07, 6.45) is -1.62. The molecule has 2 nitrogen and oxygen atoms in total. The third-order valence-corrected chi connectivity index (χ3v) is 1.35. The summed E-state index contributed by atoms with van der Waals surface area (Å²) in [5.74, 6) is 0. The Balaban J connectivity index is 2.65. The van der Waals surface area contributed by atoms with Crippen LogP contribution in [0.25, 0.3) is 0 Å². The average molecular weight is 229 g/mol. The van der Waals surface area contributed by atoms with E-state index in [1.54, 1.807) is 0 Å². The minimum Gasteiger partial charge on any atom is -0.262 e. The second-order valence-electron chi connectivity index (χ2n) is 1.97. The van der Waals surface area contributed by atoms with Crippen LogP contribution in [0.15, 0.2) is 16.9 Å². The highest BCUT2D eigenvalue weighted by molar-refractivity contribution is 9.10. The second-order valence-corrected chi connectivity index (χ2v) is 2.89. The number of hydrogen-bond donors (Lipinski definition) is 0. The average Bonchev–Trinajstić information content (AvgIpc) is 2.10. The van der Waals surface area contributed by atoms with Gasteiger partial charge in [-0.05, 0) is 15.9 Å². The van der Waals surface area contributed by atoms with Crippen molar-refractivity contribution in [1.82, 2.24) is 9.78 Å². The molecule has 0 radical (unpaired) electrons. The fourth-order valence-corrected chi connectivity index (χ4v) is 0.936. The number of hydrogen-bond acceptors (Lipinski definition) is 1. The predicted molar refractivity (Wildman–Crippen MR) is 36.0 cm³/mol. The first-order valence-electron chi connectivity index (χ1n) is 2.72. The van der Waals surface area contributed by atoms with E-state index in [0.717, 1.165) is 4.68 Å². The quantitative estimate of drug-likeness (QED) is 0.721. The van der Waals surface area contributed by atoms with Gasteiger partial charge in [-0.25, -0.2) is 0 Å². The maximum Gasteiger partial charge on any atom is 0.408 e. The van der Waals surface area contributed by atoms with E-state index in [1.807, 2.05) is 0 Å². The minimum absolute atomic E-state index is 0.543. The predicted octanol–water partition coefficient (Wildman–Crippen LogP) is 2.21. The Morgan fingerprint density at radius 1 is 1.55 bits per heavy atom. The molecule has 1 aromatic rings. The van der Waals surface area contributed by atoms with Gasteiger partial charge in [0.1, 0.15) is 6.54 Å². The lowest BCUT2D eigenvalue weighted by Gasteiger charge is -2.04. The zero-order chi connectivity index (χ0) is 8.48. The first-order valence-corrected chi connectivity index (χ1v) is 3.51. The van der Waals surface area contributed by atoms with Crippen LogP contribution >= 0.6 is 15.9 Å². The van der Waals surface area contributed by atoms with Gasteiger partial charge in [0.25, 0.3) is 0 Å². The zero-order valence-corrected chi connectivity index (χ0v) is 6.85. The van der Waals surface area contributed by atoms with Gasteiger partial charge in [0.15, 0.2) is 0 Å². The summed E-state index contributed by atoms with van der Waals surface area (Å²) in [6.45, 7) is -1.04. The van der Waals surface area contributed by atoms with Crippen molar-refractivity contribution in [2.75, 3.05) is 0 Å². The lowest BCUT2D eigenvalue weighted by Crippen LogP contribution is -2.17. The molecule has 0 aromatic carbocycles. The van der Waals surface area contributed by atoms with Crippen LogP contribution in [0.1, 0.15) is 0 Å². The van der Waals surface area contributed by atoms with Gasteiger partial charge < -0.3 is 0 Å². The normalized spacial score (nSPS) is 12.0. The molecular formula is C5H4BrF3N2. The number of rotatable bonds is 1. The van der Waals surface area contributed by atoms with Crippen molar-refractivity contribution in [2.24, 2.45) is 0 Å². The molecule has 1 rings (SSSR count). The van der Waals surface area contributed by atoms with Gasteiger partial charge in [-0.3, -0.25) is 4.68 Å². The Morgan fingerprint density at radius 3 is 2.55 bits per heavy atom. The Kier molecular flexibility index (Phi) is 2.22. The van der Waals surface area contributed by atoms with Crippen molar-refractivity contribution in [3.63, 3.8) is 0 Å². The second kappa shape index (κ2) is 2.84. The summed E-state index contributed by atoms with van der Waals surface area (Å²) in [5, 5.41) is 3.45. The van der Waals surface area contributed by atoms with Crippen LogP contribution in [-0.2, 0) is 6.54 Å². The largest absolute Gasteiger partial charge is 0.408 e. The maximum absolute atomic E-state index is 11.7. The van der Waals surface area contributed by atoms with Crippen LogP contribution in [0.5, 0.6) is 0 Å². The fraction of sp³-hybridized carbons (Fsp3) is 0.400. The minimum atomic E-state index is -4.20. The van der Waals surface area contributed by atoms with Crippen LogP contribution in [0.4, 0.5) is 13.2 Å². The van der Waals surface area contributed by atoms with Gasteiger partial charge in [0.05, 0.1) is 10.7 Å². The first-order chi connectivity index (χ1) is 4.97. The third kappa shape index (κ3) is 2.92. The molecule has 62 valence electrons. The van der Waals surface area contributed by atoms with Gasteiger partial charge in [-0.1, -0.05) is 0 Å². The molecule has 6 heteroatoms. The van der Waals surface area contributed by atoms with E-state index in [2.05, 4.69) is 21.0 Å². The smallest absolute Gasteiger partial charge is 0.262 e. The summed E-state index contributed by atoms with van der Waals surface area (Å²) >= 11 is 2.99. The van der Waals surface area contributed by atoms with E-state index in [9.17, 15) is 13.2 Å². The number of alkyl halides is 3. The Bertz CT molecular complexity index is 242. The highest BCUT2D eigenvalue weighted by atomic mass is 79.9. The van der Waals surface area contributed by atoms with Gasteiger partial charge in [0.2, 0.25) is 0 Å². The molecule has 0 atom stereocenters. The topological polar surface area (TPSA) is 17.8 Å². The van der Waals surface area contributed by atoms with Crippen molar-refractivity contribution >= 4 is 15.9 Å². The van der Waals surface area contributed by atoms with E-state index < -0.39 is 12.7 Å². The van der Waals surface area contributed by atoms with Crippen molar-refractivity contribution < 1.29 is 13.2 Å². The summed E-state index contributed by atoms with van der Waals surface area (Å²) in [6, 6.07) is 0. The van der Waals surface area contributed by atoms with Crippen molar-refractivity contribution in [3.05, 3.63) is 16.9 Å². The van der Waals surface area contributed by atoms with Gasteiger partial charge in [0, 0.05) is 6.20 Å². The molecule has 1 aromatic heterocycles. The molecule has 0 saturated heterocycles. The maximum atomic E-state index is 11.7. The summed E-state index contributed by atoms with van der Waals surface area (Å²) in [4.78, 5) is 0. The Labute approximate surface area is 69.1 Å². The van der Waals surface area contributed by atoms with Crippen molar-refractivity contribution in [2.45, 2.75) is 12.7 Å². The highest BCUT2D eigenvalue weighted by Gasteiger charge is 2.28. The molecule has 1 heterocycles. The molecule has 0 amide bonds. The van der Waals surface area contributed by atoms with E-state index in [4.69, 9.17) is 0 Å². The van der Waals surface area contributed by atoms with Crippen molar-refractivity contribution in [1.29, 1.82) is 0 Å². The van der Waals surface area contributed by atoms with Crippen molar-refractivity contribution in [3.8, 4) is 0 Å². The van der Waals surface area contributed by atoms with Crippen LogP contribution in [0.2, 0.25) is 0 Å². The number of halogens is 4. The lowest BCUT2D eigenvalue weighted by atomic mass is 10.6. The van der Waals surface area contributed by atoms with Crippen LogP contribution < -0.4 is 0 Å². The molecule has 11 heavy (non-hydrogen) atoms. The van der Waals surface area contributed by atoms with E-state index >= 15 is 0 Å². The molecule has 0 aliphatic heterocycles. The molecule has 0 N–H and O–H groups in total. The summed E-state index contributed by atoms with van der Waals surface area (Å²) < 4.78 is 36.4. The number of aromatic nitrogens is 2. The van der Waals surface area contributed by atoms with E-state index in [1.165, 1.54) is 12.4 Å². The van der Waals surface area contributed by atoms with E-state index in [0.29, 0.717) is 4.47 Å². The van der Waals surface area contributed by atoms with Crippen LogP contribution in [0.3, 0.4) is 0 Å². The molecule has 0 saturated carbocycles. The monoisotopic (exact) mass is 228 g/mol. The fourth-order valence-electron chi connectivity index (χ4n) is 0.608. The molecular weight excluding hydrogens is 225 g/mol. The zero-order valence-electron chi connectivity index (χ0n) is 5.27. The standard InChI is InChI=1S/C5H4BrF3N2/c6-4-1-10-11(2-4)3-5(7,8)9/h1-2H,3H2. The first kappa shape index (κ1) is 8.58. The van der Waals surface area contributed by atoms with Crippen LogP contribution in [-0.4, -0.2) is 16.0 Å². The van der Waals surface area contributed by atoms with Crippen LogP contribution in [0, 0.1) is 0 Å². The Hall–Kier alpha value is -0.520. The number of nitrogens with zero attached hydrogens (tertiary/aromatic N) is 2. The van der Waals surface area contributed by atoms with Gasteiger partial charge >= 0.3 is 6.18 Å². The van der Waals surface area contributed by atoms with E-state index in [-0.39, 0.29) is 0 Å². The van der Waals surface area contributed by atoms with Gasteiger partial charge in [-0.15, -0.1) is 0 Å². The summed E-state index contributed by atoms with van der Waals surface area (Å²) in [7, 11) is 0. The lowest BCUT2D eigenvalue weighted by molar-refractivity contribution is -0.142. The molecule has 0 spiro atoms. The SMILES string of the molecule is FC(F)(F)Cn1cc(Br)cn1. The summed E-state index contributed by atoms with van der Waals surface area (Å²) in [5.41, 5.74) is 0. The molecule has 0 aliphatic rings. The van der Waals surface area contributed by atoms with Gasteiger partial charge in [-0.2, -0.15) is 18.3 Å². The molecule has 0 bridgehead atoms. The molecule has 0 fully saturated rings. The third-order valence-electron chi connectivity index (χ3n) is 0.943. The molecule has 0 aliphatic carbocycles. The molecule has 0 unspecified atom stereocenters. The highest BCUT2D eigenvalue weighted by Crippen LogP contribution is 2.17.